The summed E-state index contributed by atoms with van der Waals surface area (Å²) in [4.78, 5) is 0.559. The van der Waals surface area contributed by atoms with Crippen LogP contribution in [0.1, 0.15) is 15.2 Å². The molecule has 72 valence electrons. The van der Waals surface area contributed by atoms with Crippen molar-refractivity contribution in [2.24, 2.45) is 0 Å². The minimum atomic E-state index is -1.41. The fourth-order valence-electron chi connectivity index (χ4n) is 1.08. The van der Waals surface area contributed by atoms with Gasteiger partial charge in [0, 0.05) is 8.81 Å². The molecule has 0 saturated heterocycles. The van der Waals surface area contributed by atoms with Crippen LogP contribution >= 0.6 is 11.8 Å². The van der Waals surface area contributed by atoms with Crippen LogP contribution in [0.3, 0.4) is 0 Å². The third kappa shape index (κ3) is 2.31. The summed E-state index contributed by atoms with van der Waals surface area (Å²) in [5, 5.41) is 9.70. The summed E-state index contributed by atoms with van der Waals surface area (Å²) in [6.45, 7) is 3.27. The van der Waals surface area contributed by atoms with Crippen molar-refractivity contribution in [1.82, 2.24) is 0 Å². The SMILES string of the molecule is [1H][13C]([2H])(C)Sc1c(C)cc(OC)cc1O. The molecule has 0 saturated carbocycles. The van der Waals surface area contributed by atoms with Gasteiger partial charge in [0.15, 0.2) is 0 Å². The second kappa shape index (κ2) is 4.42. The Morgan fingerprint density at radius 2 is 2.46 bits per heavy atom. The molecule has 1 N–H and O–H groups in total. The highest BCUT2D eigenvalue weighted by atomic mass is 32.2. The first-order valence-electron chi connectivity index (χ1n) is 4.90. The standard InChI is InChI=1S/C10H14O2S/c1-4-13-10-7(2)5-8(12-3)6-9(10)11/h5-6,11H,4H2,1-3H3/i4+1DH. The lowest BCUT2D eigenvalue weighted by molar-refractivity contribution is 0.404. The van der Waals surface area contributed by atoms with E-state index in [1.54, 1.807) is 6.07 Å². The molecule has 0 aliphatic heterocycles. The van der Waals surface area contributed by atoms with E-state index in [0.29, 0.717) is 10.6 Å². The third-order valence-corrected chi connectivity index (χ3v) is 2.61. The Balaban J connectivity index is 3.09. The van der Waals surface area contributed by atoms with E-state index >= 15 is 0 Å². The molecule has 0 heterocycles. The third-order valence-electron chi connectivity index (χ3n) is 1.67. The Bertz CT molecular complexity index is 338. The molecule has 0 aromatic heterocycles. The number of phenolic OH excluding ortho intramolecular Hbond substituents is 1. The molecule has 13 heavy (non-hydrogen) atoms. The van der Waals surface area contributed by atoms with Crippen molar-refractivity contribution in [3.05, 3.63) is 17.7 Å². The maximum Gasteiger partial charge on any atom is 0.133 e. The Labute approximate surface area is 85.7 Å². The summed E-state index contributed by atoms with van der Waals surface area (Å²) in [7, 11) is 1.53. The first-order chi connectivity index (χ1) is 6.83. The zero-order valence-corrected chi connectivity index (χ0v) is 8.73. The van der Waals surface area contributed by atoms with E-state index < -0.39 is 5.70 Å². The second-order valence-corrected chi connectivity index (χ2v) is 3.62. The van der Waals surface area contributed by atoms with Gasteiger partial charge in [0.25, 0.3) is 0 Å². The minimum Gasteiger partial charge on any atom is -0.507 e. The van der Waals surface area contributed by atoms with Crippen molar-refractivity contribution in [3.63, 3.8) is 0 Å². The second-order valence-electron chi connectivity index (χ2n) is 2.60. The summed E-state index contributed by atoms with van der Waals surface area (Å²) >= 11 is 1.00. The molecule has 0 amide bonds. The van der Waals surface area contributed by atoms with Gasteiger partial charge >= 0.3 is 0 Å². The predicted molar refractivity (Wildman–Crippen MR) is 55.8 cm³/mol. The van der Waals surface area contributed by atoms with Crippen LogP contribution in [-0.2, 0) is 0 Å². The van der Waals surface area contributed by atoms with Crippen LogP contribution in [0.5, 0.6) is 11.5 Å². The largest absolute Gasteiger partial charge is 0.507 e. The number of phenols is 1. The number of ether oxygens (including phenoxy) is 1. The van der Waals surface area contributed by atoms with Crippen molar-refractivity contribution >= 4 is 11.8 Å². The quantitative estimate of drug-likeness (QED) is 0.601. The van der Waals surface area contributed by atoms with E-state index in [-0.39, 0.29) is 5.75 Å². The van der Waals surface area contributed by atoms with E-state index in [9.17, 15) is 5.11 Å². The van der Waals surface area contributed by atoms with Crippen LogP contribution < -0.4 is 4.74 Å². The number of hydrogen-bond donors (Lipinski definition) is 1. The van der Waals surface area contributed by atoms with Crippen LogP contribution in [-0.4, -0.2) is 17.9 Å². The summed E-state index contributed by atoms with van der Waals surface area (Å²) in [5.74, 6) is 0.633. The first-order valence-corrected chi connectivity index (χ1v) is 4.72. The molecule has 0 radical (unpaired) electrons. The fourth-order valence-corrected chi connectivity index (χ4v) is 1.66. The van der Waals surface area contributed by atoms with E-state index in [2.05, 4.69) is 0 Å². The molecule has 1 unspecified atom stereocenters. The van der Waals surface area contributed by atoms with Gasteiger partial charge in [-0.2, -0.15) is 0 Å². The smallest absolute Gasteiger partial charge is 0.133 e. The van der Waals surface area contributed by atoms with Crippen molar-refractivity contribution < 1.29 is 12.6 Å². The summed E-state index contributed by atoms with van der Waals surface area (Å²) in [6.07, 6.45) is 0. The zero-order chi connectivity index (χ0) is 11.6. The molecule has 0 fully saturated rings. The number of hydrogen-bond acceptors (Lipinski definition) is 3. The zero-order valence-electron chi connectivity index (χ0n) is 9.92. The number of aromatic hydroxyl groups is 1. The molecular weight excluding hydrogens is 185 g/mol. The molecule has 2 nitrogen and oxygen atoms in total. The molecule has 0 bridgehead atoms. The summed E-state index contributed by atoms with van der Waals surface area (Å²) < 4.78 is 19.9. The van der Waals surface area contributed by atoms with Crippen molar-refractivity contribution in [3.8, 4) is 11.5 Å². The van der Waals surface area contributed by atoms with Crippen LogP contribution in [0, 0.1) is 6.92 Å². The van der Waals surface area contributed by atoms with E-state index in [4.69, 9.17) is 7.48 Å². The predicted octanol–water partition coefficient (Wildman–Crippen LogP) is 2.82. The number of rotatable bonds is 3. The van der Waals surface area contributed by atoms with Gasteiger partial charge in [0.2, 0.25) is 0 Å². The van der Waals surface area contributed by atoms with Crippen molar-refractivity contribution in [1.29, 1.82) is 0 Å². The Kier molecular flexibility index (Phi) is 2.57. The average molecular weight is 200 g/mol. The molecule has 1 aromatic rings. The van der Waals surface area contributed by atoms with E-state index in [1.807, 2.05) is 6.92 Å². The van der Waals surface area contributed by atoms with Crippen molar-refractivity contribution in [2.75, 3.05) is 12.8 Å². The fraction of sp³-hybridized carbons (Fsp3) is 0.400. The topological polar surface area (TPSA) is 29.5 Å². The molecule has 0 aliphatic rings. The van der Waals surface area contributed by atoms with Crippen molar-refractivity contribution in [2.45, 2.75) is 18.7 Å². The highest BCUT2D eigenvalue weighted by Crippen LogP contribution is 2.34. The maximum absolute atomic E-state index is 9.70. The average Bonchev–Trinajstić information content (AvgIpc) is 2.09. The number of aryl methyl sites for hydroxylation is 1. The molecule has 0 aliphatic carbocycles. The monoisotopic (exact) mass is 200 g/mol. The molecule has 1 atom stereocenters. The van der Waals surface area contributed by atoms with Crippen LogP contribution in [0.15, 0.2) is 17.0 Å². The Morgan fingerprint density at radius 1 is 1.77 bits per heavy atom. The van der Waals surface area contributed by atoms with Gasteiger partial charge < -0.3 is 9.84 Å². The Hall–Kier alpha value is -0.830. The van der Waals surface area contributed by atoms with Gasteiger partial charge in [-0.25, -0.2) is 0 Å². The van der Waals surface area contributed by atoms with Gasteiger partial charge in [-0.3, -0.25) is 0 Å². The number of methoxy groups -OCH3 is 1. The lowest BCUT2D eigenvalue weighted by atomic mass is 10.2. The van der Waals surface area contributed by atoms with Crippen LogP contribution in [0.4, 0.5) is 0 Å². The first kappa shape index (κ1) is 7.56. The van der Waals surface area contributed by atoms with Gasteiger partial charge in [0.05, 0.1) is 12.0 Å². The molecular formula is C10H14O2S. The highest BCUT2D eigenvalue weighted by molar-refractivity contribution is 7.99. The number of benzene rings is 1. The Morgan fingerprint density at radius 3 is 2.92 bits per heavy atom. The van der Waals surface area contributed by atoms with Gasteiger partial charge in [-0.15, -0.1) is 11.8 Å². The molecule has 1 aromatic carbocycles. The minimum absolute atomic E-state index is 0.0579. The molecule has 1 rings (SSSR count). The van der Waals surface area contributed by atoms with Crippen LogP contribution in [0.2, 0.25) is 0 Å². The van der Waals surface area contributed by atoms with Crippen LogP contribution in [0.25, 0.3) is 0 Å². The van der Waals surface area contributed by atoms with Gasteiger partial charge in [0.1, 0.15) is 11.5 Å². The van der Waals surface area contributed by atoms with Gasteiger partial charge in [-0.05, 0) is 24.3 Å². The van der Waals surface area contributed by atoms with Gasteiger partial charge in [-0.1, -0.05) is 6.92 Å². The normalized spacial score (nSPS) is 17.2. The molecule has 3 heteroatoms. The van der Waals surface area contributed by atoms with E-state index in [0.717, 1.165) is 17.3 Å². The van der Waals surface area contributed by atoms with E-state index in [1.165, 1.54) is 20.1 Å². The lowest BCUT2D eigenvalue weighted by Crippen LogP contribution is -1.87. The lowest BCUT2D eigenvalue weighted by Gasteiger charge is -2.08. The summed E-state index contributed by atoms with van der Waals surface area (Å²) in [6, 6.07) is 3.26. The summed E-state index contributed by atoms with van der Waals surface area (Å²) in [5.41, 5.74) is -0.598. The highest BCUT2D eigenvalue weighted by Gasteiger charge is 2.06. The number of thioether (sulfide) groups is 1. The maximum atomic E-state index is 9.70. The molecule has 0 spiro atoms.